The van der Waals surface area contributed by atoms with E-state index in [1.165, 1.54) is 16.9 Å². The molecule has 3 rings (SSSR count). The maximum atomic E-state index is 12.5. The predicted octanol–water partition coefficient (Wildman–Crippen LogP) is 2.56. The molecule has 1 aromatic carbocycles. The number of H-pyrrole nitrogens is 1. The van der Waals surface area contributed by atoms with Crippen LogP contribution in [0, 0.1) is 13.8 Å². The number of hydrogen-bond donors (Lipinski definition) is 2. The van der Waals surface area contributed by atoms with E-state index in [-0.39, 0.29) is 17.9 Å². The second-order valence-electron chi connectivity index (χ2n) is 5.44. The molecule has 0 saturated carbocycles. The number of aryl methyl sites for hydroxylation is 2. The highest BCUT2D eigenvalue weighted by Crippen LogP contribution is 2.35. The van der Waals surface area contributed by atoms with Crippen LogP contribution in [0.25, 0.3) is 21.3 Å². The van der Waals surface area contributed by atoms with Gasteiger partial charge in [-0.25, -0.2) is 4.98 Å². The highest BCUT2D eigenvalue weighted by atomic mass is 32.1. The first kappa shape index (κ1) is 15.4. The van der Waals surface area contributed by atoms with Crippen LogP contribution < -0.4 is 10.9 Å². The first-order valence-corrected chi connectivity index (χ1v) is 8.11. The second-order valence-corrected chi connectivity index (χ2v) is 6.65. The molecule has 5 nitrogen and oxygen atoms in total. The Morgan fingerprint density at radius 1 is 1.26 bits per heavy atom. The molecule has 23 heavy (non-hydrogen) atoms. The minimum absolute atomic E-state index is 0.0679. The van der Waals surface area contributed by atoms with Crippen LogP contribution in [0.15, 0.2) is 29.1 Å². The fourth-order valence-electron chi connectivity index (χ4n) is 2.56. The monoisotopic (exact) mass is 327 g/mol. The van der Waals surface area contributed by atoms with Crippen molar-refractivity contribution in [2.24, 2.45) is 0 Å². The van der Waals surface area contributed by atoms with Crippen molar-refractivity contribution < 1.29 is 4.79 Å². The minimum atomic E-state index is -0.200. The van der Waals surface area contributed by atoms with Crippen molar-refractivity contribution in [3.8, 4) is 11.1 Å². The molecule has 0 aliphatic heterocycles. The number of aromatic nitrogens is 2. The van der Waals surface area contributed by atoms with Crippen LogP contribution in [0.4, 0.5) is 0 Å². The first-order chi connectivity index (χ1) is 11.0. The van der Waals surface area contributed by atoms with Gasteiger partial charge in [0.15, 0.2) is 0 Å². The molecule has 0 saturated heterocycles. The lowest BCUT2D eigenvalue weighted by Crippen LogP contribution is -2.23. The number of thiophene rings is 1. The number of hydrogen-bond acceptors (Lipinski definition) is 4. The molecular weight excluding hydrogens is 310 g/mol. The summed E-state index contributed by atoms with van der Waals surface area (Å²) in [5.41, 5.74) is 2.90. The van der Waals surface area contributed by atoms with E-state index in [0.717, 1.165) is 16.0 Å². The van der Waals surface area contributed by atoms with Crippen molar-refractivity contribution in [3.05, 3.63) is 50.9 Å². The average Bonchev–Trinajstić information content (AvgIpc) is 2.84. The Morgan fingerprint density at radius 2 is 1.96 bits per heavy atom. The van der Waals surface area contributed by atoms with Crippen molar-refractivity contribution in [1.29, 1.82) is 0 Å². The second kappa shape index (κ2) is 5.96. The summed E-state index contributed by atoms with van der Waals surface area (Å²) < 4.78 is 0. The molecule has 0 bridgehead atoms. The van der Waals surface area contributed by atoms with Crippen LogP contribution in [-0.4, -0.2) is 22.9 Å². The Hall–Kier alpha value is -2.47. The van der Waals surface area contributed by atoms with Gasteiger partial charge in [-0.05, 0) is 19.4 Å². The van der Waals surface area contributed by atoms with Gasteiger partial charge in [0.25, 0.3) is 5.56 Å². The van der Waals surface area contributed by atoms with E-state index < -0.39 is 0 Å². The van der Waals surface area contributed by atoms with Crippen LogP contribution in [0.3, 0.4) is 0 Å². The lowest BCUT2D eigenvalue weighted by Gasteiger charge is -2.03. The van der Waals surface area contributed by atoms with Crippen molar-refractivity contribution in [3.63, 3.8) is 0 Å². The molecule has 2 N–H and O–H groups in total. The van der Waals surface area contributed by atoms with Gasteiger partial charge >= 0.3 is 0 Å². The lowest BCUT2D eigenvalue weighted by atomic mass is 10.0. The fraction of sp³-hybridized carbons (Fsp3) is 0.235. The van der Waals surface area contributed by atoms with Crippen LogP contribution in [-0.2, 0) is 11.2 Å². The summed E-state index contributed by atoms with van der Waals surface area (Å²) in [4.78, 5) is 32.9. The summed E-state index contributed by atoms with van der Waals surface area (Å²) in [5, 5.41) is 3.13. The van der Waals surface area contributed by atoms with Crippen LogP contribution in [0.2, 0.25) is 0 Å². The molecular formula is C17H17N3O2S. The Bertz CT molecular complexity index is 939. The summed E-state index contributed by atoms with van der Waals surface area (Å²) in [6, 6.07) is 8.09. The third-order valence-corrected chi connectivity index (χ3v) is 4.73. The van der Waals surface area contributed by atoms with E-state index in [1.54, 1.807) is 7.05 Å². The number of aromatic amines is 1. The summed E-state index contributed by atoms with van der Waals surface area (Å²) in [5.74, 6) is 0.207. The number of rotatable bonds is 3. The molecule has 3 aromatic rings. The van der Waals surface area contributed by atoms with E-state index in [2.05, 4.69) is 15.3 Å². The quantitative estimate of drug-likeness (QED) is 0.776. The summed E-state index contributed by atoms with van der Waals surface area (Å²) >= 11 is 1.48. The van der Waals surface area contributed by atoms with Gasteiger partial charge < -0.3 is 10.3 Å². The van der Waals surface area contributed by atoms with Gasteiger partial charge in [-0.2, -0.15) is 0 Å². The summed E-state index contributed by atoms with van der Waals surface area (Å²) in [6.45, 7) is 4.02. The SMILES string of the molecule is CNC(=O)Cc1nc2sc(C)c(-c3ccc(C)cc3)c2c(=O)[nH]1. The van der Waals surface area contributed by atoms with E-state index in [9.17, 15) is 9.59 Å². The highest BCUT2D eigenvalue weighted by Gasteiger charge is 2.17. The zero-order chi connectivity index (χ0) is 16.6. The van der Waals surface area contributed by atoms with Gasteiger partial charge in [-0.3, -0.25) is 9.59 Å². The summed E-state index contributed by atoms with van der Waals surface area (Å²) in [6.07, 6.45) is 0.0679. The van der Waals surface area contributed by atoms with Gasteiger partial charge in [0.2, 0.25) is 5.91 Å². The largest absolute Gasteiger partial charge is 0.359 e. The van der Waals surface area contributed by atoms with Gasteiger partial charge in [0.05, 0.1) is 11.8 Å². The van der Waals surface area contributed by atoms with Gasteiger partial charge in [0.1, 0.15) is 10.7 Å². The van der Waals surface area contributed by atoms with Crippen molar-refractivity contribution in [2.45, 2.75) is 20.3 Å². The number of amides is 1. The first-order valence-electron chi connectivity index (χ1n) is 7.29. The zero-order valence-corrected chi connectivity index (χ0v) is 14.0. The number of carbonyl (C=O) groups excluding carboxylic acids is 1. The van der Waals surface area contributed by atoms with Crippen molar-refractivity contribution in [2.75, 3.05) is 7.05 Å². The Labute approximate surface area is 137 Å². The zero-order valence-electron chi connectivity index (χ0n) is 13.2. The molecule has 2 aromatic heterocycles. The standard InChI is InChI=1S/C17H17N3O2S/c1-9-4-6-11(7-5-9)14-10(2)23-17-15(14)16(22)19-12(20-17)8-13(21)18-3/h4-7H,8H2,1-3H3,(H,18,21)(H,19,20,22). The van der Waals surface area contributed by atoms with Gasteiger partial charge in [-0.1, -0.05) is 29.8 Å². The highest BCUT2D eigenvalue weighted by molar-refractivity contribution is 7.19. The molecule has 6 heteroatoms. The smallest absolute Gasteiger partial charge is 0.260 e. The molecule has 0 unspecified atom stereocenters. The van der Waals surface area contributed by atoms with Crippen LogP contribution in [0.1, 0.15) is 16.3 Å². The Kier molecular flexibility index (Phi) is 4.00. The number of fused-ring (bicyclic) bond motifs is 1. The minimum Gasteiger partial charge on any atom is -0.359 e. The molecule has 2 heterocycles. The Balaban J connectivity index is 2.17. The third-order valence-electron chi connectivity index (χ3n) is 3.73. The van der Waals surface area contributed by atoms with E-state index in [0.29, 0.717) is 16.0 Å². The molecule has 1 amide bonds. The maximum absolute atomic E-state index is 12.5. The molecule has 0 atom stereocenters. The number of nitrogens with one attached hydrogen (secondary N) is 2. The average molecular weight is 327 g/mol. The van der Waals surface area contributed by atoms with Gasteiger partial charge in [0, 0.05) is 17.5 Å². The number of likely N-dealkylation sites (N-methyl/N-ethyl adjacent to an activating group) is 1. The van der Waals surface area contributed by atoms with Crippen LogP contribution >= 0.6 is 11.3 Å². The fourth-order valence-corrected chi connectivity index (χ4v) is 3.62. The normalized spacial score (nSPS) is 10.9. The Morgan fingerprint density at radius 3 is 2.61 bits per heavy atom. The van der Waals surface area contributed by atoms with Crippen molar-refractivity contribution in [1.82, 2.24) is 15.3 Å². The lowest BCUT2D eigenvalue weighted by molar-refractivity contribution is -0.120. The maximum Gasteiger partial charge on any atom is 0.260 e. The van der Waals surface area contributed by atoms with E-state index >= 15 is 0 Å². The number of benzene rings is 1. The third kappa shape index (κ3) is 2.90. The van der Waals surface area contributed by atoms with Gasteiger partial charge in [-0.15, -0.1) is 11.3 Å². The number of nitrogens with zero attached hydrogens (tertiary/aromatic N) is 1. The molecule has 0 spiro atoms. The van der Waals surface area contributed by atoms with Crippen LogP contribution in [0.5, 0.6) is 0 Å². The predicted molar refractivity (Wildman–Crippen MR) is 92.9 cm³/mol. The summed E-state index contributed by atoms with van der Waals surface area (Å²) in [7, 11) is 1.56. The molecule has 0 fully saturated rings. The topological polar surface area (TPSA) is 74.8 Å². The molecule has 0 radical (unpaired) electrons. The van der Waals surface area contributed by atoms with Crippen molar-refractivity contribution >= 4 is 27.5 Å². The molecule has 0 aliphatic rings. The van der Waals surface area contributed by atoms with E-state index in [1.807, 2.05) is 38.1 Å². The number of carbonyl (C=O) groups is 1. The van der Waals surface area contributed by atoms with E-state index in [4.69, 9.17) is 0 Å². The molecule has 118 valence electrons. The molecule has 0 aliphatic carbocycles.